The van der Waals surface area contributed by atoms with E-state index in [0.717, 1.165) is 10.3 Å². The fourth-order valence-electron chi connectivity index (χ4n) is 1.73. The zero-order chi connectivity index (χ0) is 14.0. The predicted molar refractivity (Wildman–Crippen MR) is 68.7 cm³/mol. The van der Waals surface area contributed by atoms with Gasteiger partial charge in [0.2, 0.25) is 5.89 Å². The van der Waals surface area contributed by atoms with Crippen molar-refractivity contribution in [1.29, 1.82) is 0 Å². The molecule has 19 heavy (non-hydrogen) atoms. The van der Waals surface area contributed by atoms with Crippen LogP contribution in [0.25, 0.3) is 0 Å². The largest absolute Gasteiger partial charge is 0.445 e. The van der Waals surface area contributed by atoms with Gasteiger partial charge in [-0.25, -0.2) is 9.78 Å². The van der Waals surface area contributed by atoms with Gasteiger partial charge in [0.05, 0.1) is 12.7 Å². The summed E-state index contributed by atoms with van der Waals surface area (Å²) in [6.45, 7) is 2.65. The summed E-state index contributed by atoms with van der Waals surface area (Å²) >= 11 is 0. The number of rotatable bonds is 4. The van der Waals surface area contributed by atoms with E-state index in [2.05, 4.69) is 10.3 Å². The number of hydrogen-bond acceptors (Lipinski definition) is 5. The summed E-state index contributed by atoms with van der Waals surface area (Å²) in [6.07, 6.45) is 1.64. The van der Waals surface area contributed by atoms with E-state index in [0.29, 0.717) is 24.7 Å². The first-order valence-corrected chi connectivity index (χ1v) is 5.87. The molecule has 0 aliphatic carbocycles. The number of aryl methyl sites for hydroxylation is 1. The van der Waals surface area contributed by atoms with E-state index in [9.17, 15) is 9.59 Å². The summed E-state index contributed by atoms with van der Waals surface area (Å²) in [5.74, 6) is 1.32. The molecule has 2 heterocycles. The number of oxazole rings is 1. The Morgan fingerprint density at radius 2 is 2.00 bits per heavy atom. The van der Waals surface area contributed by atoms with Crippen molar-refractivity contribution in [3.8, 4) is 0 Å². The highest BCUT2D eigenvalue weighted by molar-refractivity contribution is 5.02. The van der Waals surface area contributed by atoms with Crippen molar-refractivity contribution in [3.63, 3.8) is 0 Å². The summed E-state index contributed by atoms with van der Waals surface area (Å²) in [7, 11) is 3.09. The van der Waals surface area contributed by atoms with Gasteiger partial charge in [-0.05, 0) is 6.92 Å². The molecule has 0 unspecified atom stereocenters. The molecule has 2 aromatic rings. The van der Waals surface area contributed by atoms with Crippen molar-refractivity contribution in [2.24, 2.45) is 14.1 Å². The number of hydrogen-bond donors (Lipinski definition) is 1. The van der Waals surface area contributed by atoms with Crippen LogP contribution in [0.3, 0.4) is 0 Å². The van der Waals surface area contributed by atoms with Gasteiger partial charge in [-0.15, -0.1) is 0 Å². The number of aromatic nitrogens is 3. The van der Waals surface area contributed by atoms with Gasteiger partial charge in [-0.1, -0.05) is 0 Å². The highest BCUT2D eigenvalue weighted by Gasteiger charge is 2.06. The first kappa shape index (κ1) is 13.3. The highest BCUT2D eigenvalue weighted by atomic mass is 16.4. The molecule has 0 fully saturated rings. The van der Waals surface area contributed by atoms with Gasteiger partial charge >= 0.3 is 5.69 Å². The zero-order valence-electron chi connectivity index (χ0n) is 11.1. The minimum Gasteiger partial charge on any atom is -0.445 e. The van der Waals surface area contributed by atoms with Crippen LogP contribution in [0.5, 0.6) is 0 Å². The molecular formula is C12H16N4O3. The molecule has 0 aliphatic rings. The molecule has 0 atom stereocenters. The molecule has 0 bridgehead atoms. The number of nitrogens with zero attached hydrogens (tertiary/aromatic N) is 3. The number of nitrogens with one attached hydrogen (secondary N) is 1. The van der Waals surface area contributed by atoms with Crippen LogP contribution < -0.4 is 16.6 Å². The Morgan fingerprint density at radius 3 is 2.63 bits per heavy atom. The Bertz CT molecular complexity index is 696. The quantitative estimate of drug-likeness (QED) is 0.817. The van der Waals surface area contributed by atoms with E-state index in [1.54, 1.807) is 13.2 Å². The van der Waals surface area contributed by atoms with Gasteiger partial charge in [-0.2, -0.15) is 0 Å². The van der Waals surface area contributed by atoms with Crippen LogP contribution in [0, 0.1) is 6.92 Å². The summed E-state index contributed by atoms with van der Waals surface area (Å²) in [5, 5.41) is 3.08. The van der Waals surface area contributed by atoms with Crippen LogP contribution in [0.15, 0.2) is 26.3 Å². The third-order valence-corrected chi connectivity index (χ3v) is 2.88. The Balaban J connectivity index is 2.08. The van der Waals surface area contributed by atoms with Crippen LogP contribution in [-0.2, 0) is 27.2 Å². The Morgan fingerprint density at radius 1 is 1.26 bits per heavy atom. The normalized spacial score (nSPS) is 10.9. The fraction of sp³-hybridized carbons (Fsp3) is 0.417. The Hall–Kier alpha value is -2.15. The minimum absolute atomic E-state index is 0.313. The molecular weight excluding hydrogens is 248 g/mol. The van der Waals surface area contributed by atoms with E-state index in [4.69, 9.17) is 4.42 Å². The lowest BCUT2D eigenvalue weighted by Crippen LogP contribution is -2.39. The first-order valence-electron chi connectivity index (χ1n) is 5.87. The van der Waals surface area contributed by atoms with Crippen LogP contribution in [0.4, 0.5) is 0 Å². The van der Waals surface area contributed by atoms with Crippen molar-refractivity contribution in [2.45, 2.75) is 20.0 Å². The maximum Gasteiger partial charge on any atom is 0.330 e. The average molecular weight is 264 g/mol. The molecule has 0 saturated carbocycles. The van der Waals surface area contributed by atoms with E-state index >= 15 is 0 Å². The fourth-order valence-corrected chi connectivity index (χ4v) is 1.73. The van der Waals surface area contributed by atoms with Crippen molar-refractivity contribution >= 4 is 0 Å². The molecule has 0 spiro atoms. The lowest BCUT2D eigenvalue weighted by atomic mass is 10.3. The van der Waals surface area contributed by atoms with E-state index < -0.39 is 0 Å². The van der Waals surface area contributed by atoms with Crippen molar-refractivity contribution in [3.05, 3.63) is 50.4 Å². The summed E-state index contributed by atoms with van der Waals surface area (Å²) in [6, 6.07) is 1.44. The van der Waals surface area contributed by atoms with E-state index in [-0.39, 0.29) is 11.2 Å². The van der Waals surface area contributed by atoms with Crippen LogP contribution in [0.1, 0.15) is 17.3 Å². The molecule has 102 valence electrons. The SMILES string of the molecule is Cc1cnc(CNCc2cc(=O)n(C)c(=O)n2C)o1. The molecule has 1 N–H and O–H groups in total. The van der Waals surface area contributed by atoms with Gasteiger partial charge in [0.15, 0.2) is 0 Å². The van der Waals surface area contributed by atoms with Gasteiger partial charge in [0, 0.05) is 32.4 Å². The molecule has 0 aliphatic heterocycles. The standard InChI is InChI=1S/C12H16N4O3/c1-8-5-14-10(19-8)7-13-6-9-4-11(17)16(3)12(18)15(9)2/h4-5,13H,6-7H2,1-3H3. The van der Waals surface area contributed by atoms with Crippen LogP contribution in [-0.4, -0.2) is 14.1 Å². The van der Waals surface area contributed by atoms with Crippen LogP contribution >= 0.6 is 0 Å². The minimum atomic E-state index is -0.337. The van der Waals surface area contributed by atoms with Gasteiger partial charge in [-0.3, -0.25) is 13.9 Å². The lowest BCUT2D eigenvalue weighted by molar-refractivity contribution is 0.446. The average Bonchev–Trinajstić information content (AvgIpc) is 2.79. The topological polar surface area (TPSA) is 82.1 Å². The van der Waals surface area contributed by atoms with Crippen molar-refractivity contribution < 1.29 is 4.42 Å². The smallest absolute Gasteiger partial charge is 0.330 e. The Labute approximate surface area is 109 Å². The predicted octanol–water partition coefficient (Wildman–Crippen LogP) is -0.330. The molecule has 0 saturated heterocycles. The molecule has 7 nitrogen and oxygen atoms in total. The molecule has 0 amide bonds. The molecule has 0 aromatic carbocycles. The summed E-state index contributed by atoms with van der Waals surface area (Å²) in [5.41, 5.74) is -0.0282. The van der Waals surface area contributed by atoms with Crippen molar-refractivity contribution in [1.82, 2.24) is 19.4 Å². The van der Waals surface area contributed by atoms with Gasteiger partial charge < -0.3 is 9.73 Å². The van der Waals surface area contributed by atoms with Gasteiger partial charge in [0.1, 0.15) is 5.76 Å². The van der Waals surface area contributed by atoms with E-state index in [1.165, 1.54) is 17.7 Å². The monoisotopic (exact) mass is 264 g/mol. The third kappa shape index (κ3) is 2.82. The molecule has 7 heteroatoms. The van der Waals surface area contributed by atoms with Crippen LogP contribution in [0.2, 0.25) is 0 Å². The summed E-state index contributed by atoms with van der Waals surface area (Å²) in [4.78, 5) is 27.3. The van der Waals surface area contributed by atoms with E-state index in [1.807, 2.05) is 6.92 Å². The Kier molecular flexibility index (Phi) is 3.66. The maximum absolute atomic E-state index is 11.7. The zero-order valence-corrected chi connectivity index (χ0v) is 11.1. The second kappa shape index (κ2) is 5.23. The third-order valence-electron chi connectivity index (χ3n) is 2.88. The first-order chi connectivity index (χ1) is 8.99. The second-order valence-electron chi connectivity index (χ2n) is 4.34. The molecule has 2 aromatic heterocycles. The highest BCUT2D eigenvalue weighted by Crippen LogP contribution is 2.01. The molecule has 2 rings (SSSR count). The molecule has 0 radical (unpaired) electrons. The summed E-state index contributed by atoms with van der Waals surface area (Å²) < 4.78 is 7.82. The lowest BCUT2D eigenvalue weighted by Gasteiger charge is -2.09. The van der Waals surface area contributed by atoms with Gasteiger partial charge in [0.25, 0.3) is 5.56 Å². The second-order valence-corrected chi connectivity index (χ2v) is 4.34. The maximum atomic E-state index is 11.7. The van der Waals surface area contributed by atoms with Crippen molar-refractivity contribution in [2.75, 3.05) is 0 Å².